The van der Waals surface area contributed by atoms with Crippen LogP contribution in [0.25, 0.3) is 0 Å². The second-order valence-corrected chi connectivity index (χ2v) is 4.65. The number of hydrogen-bond acceptors (Lipinski definition) is 5. The molecule has 2 aliphatic rings. The lowest BCUT2D eigenvalue weighted by molar-refractivity contribution is -0.265. The van der Waals surface area contributed by atoms with E-state index in [4.69, 9.17) is 14.4 Å². The summed E-state index contributed by atoms with van der Waals surface area (Å²) in [5.41, 5.74) is 0.884. The fourth-order valence-corrected chi connectivity index (χ4v) is 2.48. The third kappa shape index (κ3) is 2.49. The largest absolute Gasteiger partial charge is 0.343 e. The minimum absolute atomic E-state index is 0.0373. The minimum Gasteiger partial charge on any atom is -0.343 e. The van der Waals surface area contributed by atoms with E-state index < -0.39 is 11.9 Å². The average molecular weight is 256 g/mol. The molecule has 0 radical (unpaired) electrons. The predicted octanol–water partition coefficient (Wildman–Crippen LogP) is 1.76. The SMILES string of the molecule is CCC1(CC)O[C@@H]2CC(COOC)=CC(=O)[C@@H]2O1. The molecule has 1 aliphatic carbocycles. The van der Waals surface area contributed by atoms with Gasteiger partial charge in [0.25, 0.3) is 0 Å². The van der Waals surface area contributed by atoms with Gasteiger partial charge in [0, 0.05) is 6.42 Å². The van der Waals surface area contributed by atoms with Crippen LogP contribution in [-0.4, -0.2) is 37.5 Å². The van der Waals surface area contributed by atoms with Crippen LogP contribution < -0.4 is 0 Å². The first kappa shape index (κ1) is 13.7. The van der Waals surface area contributed by atoms with E-state index in [-0.39, 0.29) is 11.9 Å². The zero-order valence-electron chi connectivity index (χ0n) is 11.1. The van der Waals surface area contributed by atoms with Crippen LogP contribution in [0, 0.1) is 0 Å². The Kier molecular flexibility index (Phi) is 4.17. The standard InChI is InChI=1S/C13H20O5/c1-4-13(5-2)17-11-7-9(8-16-15-3)6-10(14)12(11)18-13/h6,11-12H,4-5,7-8H2,1-3H3/t11-,12+/m1/s1. The van der Waals surface area contributed by atoms with Gasteiger partial charge >= 0.3 is 0 Å². The summed E-state index contributed by atoms with van der Waals surface area (Å²) in [5, 5.41) is 0. The van der Waals surface area contributed by atoms with Gasteiger partial charge in [-0.05, 0) is 24.5 Å². The van der Waals surface area contributed by atoms with Crippen molar-refractivity contribution in [1.29, 1.82) is 0 Å². The van der Waals surface area contributed by atoms with Crippen molar-refractivity contribution in [2.45, 2.75) is 51.1 Å². The van der Waals surface area contributed by atoms with Crippen LogP contribution in [0.4, 0.5) is 0 Å². The fraction of sp³-hybridized carbons (Fsp3) is 0.769. The summed E-state index contributed by atoms with van der Waals surface area (Å²) in [5.74, 6) is -0.638. The second kappa shape index (κ2) is 5.48. The highest BCUT2D eigenvalue weighted by Gasteiger charge is 2.49. The summed E-state index contributed by atoms with van der Waals surface area (Å²) in [6.07, 6.45) is 3.07. The van der Waals surface area contributed by atoms with E-state index in [9.17, 15) is 4.79 Å². The summed E-state index contributed by atoms with van der Waals surface area (Å²) in [6.45, 7) is 4.31. The molecule has 1 fully saturated rings. The Morgan fingerprint density at radius 1 is 1.39 bits per heavy atom. The second-order valence-electron chi connectivity index (χ2n) is 4.65. The van der Waals surface area contributed by atoms with Crippen LogP contribution in [0.3, 0.4) is 0 Å². The van der Waals surface area contributed by atoms with Gasteiger partial charge in [0.1, 0.15) is 12.7 Å². The molecule has 1 heterocycles. The topological polar surface area (TPSA) is 54.0 Å². The van der Waals surface area contributed by atoms with Gasteiger partial charge in [-0.1, -0.05) is 13.8 Å². The maximum atomic E-state index is 12.0. The van der Waals surface area contributed by atoms with E-state index in [1.807, 2.05) is 13.8 Å². The van der Waals surface area contributed by atoms with Gasteiger partial charge in [0.05, 0.1) is 13.2 Å². The molecule has 2 atom stereocenters. The Bertz CT molecular complexity index is 345. The van der Waals surface area contributed by atoms with Gasteiger partial charge < -0.3 is 9.47 Å². The Morgan fingerprint density at radius 3 is 2.72 bits per heavy atom. The third-order valence-corrected chi connectivity index (χ3v) is 3.58. The number of ketones is 1. The molecule has 0 aromatic carbocycles. The normalized spacial score (nSPS) is 30.2. The molecule has 1 saturated heterocycles. The Labute approximate surface area is 107 Å². The molecule has 0 unspecified atom stereocenters. The Balaban J connectivity index is 2.07. The van der Waals surface area contributed by atoms with Crippen LogP contribution in [-0.2, 0) is 24.0 Å². The first-order valence-corrected chi connectivity index (χ1v) is 6.38. The maximum absolute atomic E-state index is 12.0. The molecule has 0 spiro atoms. The van der Waals surface area contributed by atoms with E-state index >= 15 is 0 Å². The van der Waals surface area contributed by atoms with Gasteiger partial charge in [-0.2, -0.15) is 0 Å². The average Bonchev–Trinajstić information content (AvgIpc) is 2.76. The van der Waals surface area contributed by atoms with Crippen molar-refractivity contribution in [3.05, 3.63) is 11.6 Å². The van der Waals surface area contributed by atoms with Gasteiger partial charge in [0.15, 0.2) is 11.6 Å². The number of carbonyl (C=O) groups excluding carboxylic acids is 1. The van der Waals surface area contributed by atoms with Gasteiger partial charge in [-0.3, -0.25) is 4.79 Å². The van der Waals surface area contributed by atoms with Crippen LogP contribution >= 0.6 is 0 Å². The summed E-state index contributed by atoms with van der Waals surface area (Å²) in [4.78, 5) is 21.4. The number of rotatable bonds is 5. The Morgan fingerprint density at radius 2 is 2.11 bits per heavy atom. The molecule has 102 valence electrons. The quantitative estimate of drug-likeness (QED) is 0.554. The van der Waals surface area contributed by atoms with E-state index in [0.29, 0.717) is 13.0 Å². The lowest BCUT2D eigenvalue weighted by Gasteiger charge is -2.24. The summed E-state index contributed by atoms with van der Waals surface area (Å²) < 4.78 is 11.8. The molecule has 0 amide bonds. The molecular formula is C13H20O5. The van der Waals surface area contributed by atoms with Crippen molar-refractivity contribution in [1.82, 2.24) is 0 Å². The summed E-state index contributed by atoms with van der Waals surface area (Å²) in [7, 11) is 1.45. The monoisotopic (exact) mass is 256 g/mol. The first-order valence-electron chi connectivity index (χ1n) is 6.38. The molecule has 5 heteroatoms. The van der Waals surface area contributed by atoms with Crippen molar-refractivity contribution in [3.63, 3.8) is 0 Å². The lowest BCUT2D eigenvalue weighted by atomic mass is 9.94. The molecular weight excluding hydrogens is 236 g/mol. The summed E-state index contributed by atoms with van der Waals surface area (Å²) in [6, 6.07) is 0. The van der Waals surface area contributed by atoms with E-state index in [1.54, 1.807) is 6.08 Å². The lowest BCUT2D eigenvalue weighted by Crippen LogP contribution is -2.35. The molecule has 1 aliphatic heterocycles. The van der Waals surface area contributed by atoms with Crippen molar-refractivity contribution in [3.8, 4) is 0 Å². The van der Waals surface area contributed by atoms with E-state index in [0.717, 1.165) is 18.4 Å². The van der Waals surface area contributed by atoms with Crippen molar-refractivity contribution < 1.29 is 24.0 Å². The number of hydrogen-bond donors (Lipinski definition) is 0. The number of fused-ring (bicyclic) bond motifs is 1. The molecule has 2 rings (SSSR count). The smallest absolute Gasteiger partial charge is 0.187 e. The van der Waals surface area contributed by atoms with Crippen LogP contribution in [0.15, 0.2) is 11.6 Å². The maximum Gasteiger partial charge on any atom is 0.187 e. The molecule has 5 nitrogen and oxygen atoms in total. The van der Waals surface area contributed by atoms with Gasteiger partial charge in [-0.25, -0.2) is 9.78 Å². The molecule has 0 bridgehead atoms. The highest BCUT2D eigenvalue weighted by Crippen LogP contribution is 2.39. The first-order chi connectivity index (χ1) is 8.64. The summed E-state index contributed by atoms with van der Waals surface area (Å²) >= 11 is 0. The Hall–Kier alpha value is -0.750. The number of ether oxygens (including phenoxy) is 2. The highest BCUT2D eigenvalue weighted by molar-refractivity contribution is 5.96. The predicted molar refractivity (Wildman–Crippen MR) is 63.7 cm³/mol. The molecule has 0 aromatic rings. The zero-order valence-corrected chi connectivity index (χ0v) is 11.1. The third-order valence-electron chi connectivity index (χ3n) is 3.58. The molecule has 0 aromatic heterocycles. The fourth-order valence-electron chi connectivity index (χ4n) is 2.48. The van der Waals surface area contributed by atoms with Gasteiger partial charge in [-0.15, -0.1) is 0 Å². The highest BCUT2D eigenvalue weighted by atomic mass is 17.2. The minimum atomic E-state index is -0.601. The van der Waals surface area contributed by atoms with Gasteiger partial charge in [0.2, 0.25) is 0 Å². The van der Waals surface area contributed by atoms with Crippen LogP contribution in [0.1, 0.15) is 33.1 Å². The van der Waals surface area contributed by atoms with Crippen molar-refractivity contribution >= 4 is 5.78 Å². The van der Waals surface area contributed by atoms with E-state index in [1.165, 1.54) is 7.11 Å². The van der Waals surface area contributed by atoms with Crippen molar-refractivity contribution in [2.75, 3.05) is 13.7 Å². The van der Waals surface area contributed by atoms with Crippen molar-refractivity contribution in [2.24, 2.45) is 0 Å². The molecule has 0 saturated carbocycles. The number of carbonyl (C=O) groups is 1. The molecule has 0 N–H and O–H groups in total. The molecule has 18 heavy (non-hydrogen) atoms. The zero-order chi connectivity index (χ0) is 13.2. The van der Waals surface area contributed by atoms with E-state index in [2.05, 4.69) is 4.89 Å². The van der Waals surface area contributed by atoms with Crippen LogP contribution in [0.2, 0.25) is 0 Å². The van der Waals surface area contributed by atoms with Crippen LogP contribution in [0.5, 0.6) is 0 Å².